The van der Waals surface area contributed by atoms with Crippen molar-refractivity contribution in [1.82, 2.24) is 9.55 Å². The highest BCUT2D eigenvalue weighted by Crippen LogP contribution is 2.33. The predicted molar refractivity (Wildman–Crippen MR) is 101 cm³/mol. The standard InChI is InChI=1S/C22H19FN2/c1-14-11-12-17(23)13-18(14)22-24-19-9-4-5-10-20(19)25(22)21-15(2)7-6-8-16(21)3/h4-13H,1-3H3. The molecule has 0 bridgehead atoms. The molecule has 4 aromatic rings. The van der Waals surface area contributed by atoms with Crippen molar-refractivity contribution in [3.8, 4) is 17.1 Å². The quantitative estimate of drug-likeness (QED) is 0.457. The molecule has 0 aliphatic rings. The highest BCUT2D eigenvalue weighted by atomic mass is 19.1. The Labute approximate surface area is 146 Å². The molecule has 0 saturated heterocycles. The Morgan fingerprint density at radius 3 is 2.28 bits per heavy atom. The molecule has 0 saturated carbocycles. The first-order valence-electron chi connectivity index (χ1n) is 8.37. The van der Waals surface area contributed by atoms with Gasteiger partial charge in [0.05, 0.1) is 16.7 Å². The fourth-order valence-electron chi connectivity index (χ4n) is 3.43. The van der Waals surface area contributed by atoms with Gasteiger partial charge in [0.2, 0.25) is 0 Å². The van der Waals surface area contributed by atoms with Crippen molar-refractivity contribution >= 4 is 11.0 Å². The average molecular weight is 330 g/mol. The number of aryl methyl sites for hydroxylation is 3. The summed E-state index contributed by atoms with van der Waals surface area (Å²) in [5.74, 6) is 0.524. The van der Waals surface area contributed by atoms with Crippen molar-refractivity contribution in [3.05, 3.63) is 83.2 Å². The molecule has 0 radical (unpaired) electrons. The van der Waals surface area contributed by atoms with E-state index in [1.54, 1.807) is 12.1 Å². The van der Waals surface area contributed by atoms with Crippen molar-refractivity contribution in [3.63, 3.8) is 0 Å². The van der Waals surface area contributed by atoms with E-state index in [1.807, 2.05) is 25.1 Å². The molecule has 25 heavy (non-hydrogen) atoms. The van der Waals surface area contributed by atoms with Crippen LogP contribution in [0.1, 0.15) is 16.7 Å². The Morgan fingerprint density at radius 2 is 1.52 bits per heavy atom. The van der Waals surface area contributed by atoms with Gasteiger partial charge in [-0.25, -0.2) is 9.37 Å². The van der Waals surface area contributed by atoms with Gasteiger partial charge in [-0.2, -0.15) is 0 Å². The van der Waals surface area contributed by atoms with Gasteiger partial charge in [0.25, 0.3) is 0 Å². The topological polar surface area (TPSA) is 17.8 Å². The minimum atomic E-state index is -0.249. The monoisotopic (exact) mass is 330 g/mol. The van der Waals surface area contributed by atoms with Crippen LogP contribution in [0, 0.1) is 26.6 Å². The molecule has 0 spiro atoms. The van der Waals surface area contributed by atoms with Gasteiger partial charge >= 0.3 is 0 Å². The molecule has 0 unspecified atom stereocenters. The molecule has 0 aliphatic heterocycles. The zero-order valence-electron chi connectivity index (χ0n) is 14.5. The maximum atomic E-state index is 13.9. The van der Waals surface area contributed by atoms with Crippen LogP contribution in [0.5, 0.6) is 0 Å². The number of aromatic nitrogens is 2. The number of hydrogen-bond acceptors (Lipinski definition) is 1. The molecule has 0 atom stereocenters. The van der Waals surface area contributed by atoms with Gasteiger partial charge in [0.1, 0.15) is 11.6 Å². The van der Waals surface area contributed by atoms with Crippen LogP contribution >= 0.6 is 0 Å². The minimum absolute atomic E-state index is 0.249. The van der Waals surface area contributed by atoms with Gasteiger partial charge in [0.15, 0.2) is 0 Å². The van der Waals surface area contributed by atoms with Gasteiger partial charge in [0, 0.05) is 5.56 Å². The van der Waals surface area contributed by atoms with Crippen LogP contribution in [0.25, 0.3) is 28.1 Å². The summed E-state index contributed by atoms with van der Waals surface area (Å²) >= 11 is 0. The number of halogens is 1. The van der Waals surface area contributed by atoms with Crippen LogP contribution in [0.3, 0.4) is 0 Å². The fraction of sp³-hybridized carbons (Fsp3) is 0.136. The van der Waals surface area contributed by atoms with E-state index in [2.05, 4.69) is 42.7 Å². The second kappa shape index (κ2) is 5.85. The van der Waals surface area contributed by atoms with Crippen LogP contribution in [0.15, 0.2) is 60.7 Å². The SMILES string of the molecule is Cc1ccc(F)cc1-c1nc2ccccc2n1-c1c(C)cccc1C. The summed E-state index contributed by atoms with van der Waals surface area (Å²) < 4.78 is 16.1. The predicted octanol–water partition coefficient (Wildman–Crippen LogP) is 5.76. The second-order valence-electron chi connectivity index (χ2n) is 6.46. The lowest BCUT2D eigenvalue weighted by Crippen LogP contribution is -2.03. The van der Waals surface area contributed by atoms with E-state index in [9.17, 15) is 4.39 Å². The van der Waals surface area contributed by atoms with E-state index >= 15 is 0 Å². The first-order valence-corrected chi connectivity index (χ1v) is 8.37. The summed E-state index contributed by atoms with van der Waals surface area (Å²) in [7, 11) is 0. The van der Waals surface area contributed by atoms with E-state index in [0.29, 0.717) is 0 Å². The summed E-state index contributed by atoms with van der Waals surface area (Å²) in [6.07, 6.45) is 0. The Kier molecular flexibility index (Phi) is 3.65. The molecule has 4 rings (SSSR count). The van der Waals surface area contributed by atoms with Crippen LogP contribution in [-0.4, -0.2) is 9.55 Å². The van der Waals surface area contributed by atoms with E-state index in [0.717, 1.165) is 33.7 Å². The van der Waals surface area contributed by atoms with Crippen molar-refractivity contribution in [2.45, 2.75) is 20.8 Å². The van der Waals surface area contributed by atoms with Crippen LogP contribution in [0.2, 0.25) is 0 Å². The van der Waals surface area contributed by atoms with Crippen molar-refractivity contribution in [2.24, 2.45) is 0 Å². The molecule has 2 nitrogen and oxygen atoms in total. The van der Waals surface area contributed by atoms with Crippen molar-refractivity contribution < 1.29 is 4.39 Å². The zero-order chi connectivity index (χ0) is 17.6. The Balaban J connectivity index is 2.15. The lowest BCUT2D eigenvalue weighted by molar-refractivity contribution is 0.627. The summed E-state index contributed by atoms with van der Waals surface area (Å²) in [4.78, 5) is 4.84. The van der Waals surface area contributed by atoms with Crippen molar-refractivity contribution in [2.75, 3.05) is 0 Å². The number of imidazole rings is 1. The number of benzene rings is 3. The Morgan fingerprint density at radius 1 is 0.800 bits per heavy atom. The van der Waals surface area contributed by atoms with Gasteiger partial charge < -0.3 is 0 Å². The van der Waals surface area contributed by atoms with E-state index < -0.39 is 0 Å². The zero-order valence-corrected chi connectivity index (χ0v) is 14.5. The van der Waals surface area contributed by atoms with E-state index in [1.165, 1.54) is 17.2 Å². The lowest BCUT2D eigenvalue weighted by Gasteiger charge is -2.16. The Hall–Kier alpha value is -2.94. The molecule has 1 aromatic heterocycles. The minimum Gasteiger partial charge on any atom is -0.292 e. The third-order valence-electron chi connectivity index (χ3n) is 4.66. The molecular weight excluding hydrogens is 311 g/mol. The lowest BCUT2D eigenvalue weighted by atomic mass is 10.1. The first kappa shape index (κ1) is 15.6. The third-order valence-corrected chi connectivity index (χ3v) is 4.66. The summed E-state index contributed by atoms with van der Waals surface area (Å²) in [6.45, 7) is 6.18. The third kappa shape index (κ3) is 2.52. The molecule has 0 N–H and O–H groups in total. The van der Waals surface area contributed by atoms with Crippen molar-refractivity contribution in [1.29, 1.82) is 0 Å². The number of nitrogens with zero attached hydrogens (tertiary/aromatic N) is 2. The normalized spacial score (nSPS) is 11.2. The molecule has 3 heteroatoms. The molecular formula is C22H19FN2. The van der Waals surface area contributed by atoms with E-state index in [4.69, 9.17) is 4.98 Å². The number of hydrogen-bond donors (Lipinski definition) is 0. The maximum absolute atomic E-state index is 13.9. The summed E-state index contributed by atoms with van der Waals surface area (Å²) in [5.41, 5.74) is 7.19. The highest BCUT2D eigenvalue weighted by molar-refractivity contribution is 5.84. The van der Waals surface area contributed by atoms with E-state index in [-0.39, 0.29) is 5.82 Å². The largest absolute Gasteiger partial charge is 0.292 e. The van der Waals surface area contributed by atoms with Gasteiger partial charge in [-0.3, -0.25) is 4.57 Å². The maximum Gasteiger partial charge on any atom is 0.146 e. The number of rotatable bonds is 2. The molecule has 124 valence electrons. The van der Waals surface area contributed by atoms with Crippen LogP contribution < -0.4 is 0 Å². The Bertz CT molecular complexity index is 1070. The summed E-state index contributed by atoms with van der Waals surface area (Å²) in [6, 6.07) is 19.2. The molecule has 3 aromatic carbocycles. The number of fused-ring (bicyclic) bond motifs is 1. The molecule has 1 heterocycles. The highest BCUT2D eigenvalue weighted by Gasteiger charge is 2.18. The fourth-order valence-corrected chi connectivity index (χ4v) is 3.43. The average Bonchev–Trinajstić information content (AvgIpc) is 2.96. The smallest absolute Gasteiger partial charge is 0.146 e. The van der Waals surface area contributed by atoms with Crippen LogP contribution in [0.4, 0.5) is 4.39 Å². The molecule has 0 amide bonds. The number of para-hydroxylation sites is 3. The van der Waals surface area contributed by atoms with Gasteiger partial charge in [-0.1, -0.05) is 36.4 Å². The second-order valence-corrected chi connectivity index (χ2v) is 6.46. The first-order chi connectivity index (χ1) is 12.1. The molecule has 0 aliphatic carbocycles. The molecule has 0 fully saturated rings. The summed E-state index contributed by atoms with van der Waals surface area (Å²) in [5, 5.41) is 0. The van der Waals surface area contributed by atoms with Gasteiger partial charge in [-0.05, 0) is 61.7 Å². The van der Waals surface area contributed by atoms with Gasteiger partial charge in [-0.15, -0.1) is 0 Å². The van der Waals surface area contributed by atoms with Crippen LogP contribution in [-0.2, 0) is 0 Å².